The lowest BCUT2D eigenvalue weighted by Crippen LogP contribution is -2.44. The maximum absolute atomic E-state index is 12.9. The summed E-state index contributed by atoms with van der Waals surface area (Å²) in [5.74, 6) is -0.454. The van der Waals surface area contributed by atoms with Crippen LogP contribution in [-0.2, 0) is 13.1 Å². The molecule has 3 aromatic rings. The summed E-state index contributed by atoms with van der Waals surface area (Å²) in [4.78, 5) is 42.6. The number of nitrogens with one attached hydrogen (secondary N) is 3. The highest BCUT2D eigenvalue weighted by atomic mass is 16.2. The van der Waals surface area contributed by atoms with Gasteiger partial charge in [-0.25, -0.2) is 14.5 Å². The molecular formula is C25H32N8O3. The monoisotopic (exact) mass is 492 g/mol. The highest BCUT2D eigenvalue weighted by molar-refractivity contribution is 5.98. The zero-order valence-electron chi connectivity index (χ0n) is 20.8. The Morgan fingerprint density at radius 3 is 2.31 bits per heavy atom. The largest absolute Gasteiger partial charge is 0.381 e. The normalized spacial score (nSPS) is 14.0. The molecule has 0 saturated carbocycles. The van der Waals surface area contributed by atoms with E-state index in [-0.39, 0.29) is 24.4 Å². The van der Waals surface area contributed by atoms with Gasteiger partial charge < -0.3 is 26.6 Å². The topological polar surface area (TPSA) is 147 Å². The molecule has 1 aliphatic heterocycles. The number of rotatable bonds is 7. The fourth-order valence-corrected chi connectivity index (χ4v) is 4.49. The summed E-state index contributed by atoms with van der Waals surface area (Å²) in [7, 11) is 1.56. The predicted octanol–water partition coefficient (Wildman–Crippen LogP) is 2.00. The minimum Gasteiger partial charge on any atom is -0.381 e. The van der Waals surface area contributed by atoms with Crippen molar-refractivity contribution < 1.29 is 14.4 Å². The van der Waals surface area contributed by atoms with Crippen LogP contribution in [0.4, 0.5) is 10.5 Å². The van der Waals surface area contributed by atoms with Crippen molar-refractivity contribution in [1.82, 2.24) is 30.3 Å². The van der Waals surface area contributed by atoms with Gasteiger partial charge in [-0.3, -0.25) is 9.59 Å². The van der Waals surface area contributed by atoms with E-state index in [9.17, 15) is 14.4 Å². The number of carbonyl (C=O) groups is 3. The van der Waals surface area contributed by atoms with Gasteiger partial charge in [-0.2, -0.15) is 5.10 Å². The Hall–Kier alpha value is -4.15. The highest BCUT2D eigenvalue weighted by Crippen LogP contribution is 2.30. The quantitative estimate of drug-likeness (QED) is 0.397. The second kappa shape index (κ2) is 10.6. The lowest BCUT2D eigenvalue weighted by Gasteiger charge is -2.32. The van der Waals surface area contributed by atoms with Gasteiger partial charge in [-0.05, 0) is 51.0 Å². The number of pyridine rings is 1. The first-order valence-electron chi connectivity index (χ1n) is 12.1. The molecule has 4 rings (SSSR count). The van der Waals surface area contributed by atoms with Gasteiger partial charge in [0.25, 0.3) is 11.8 Å². The van der Waals surface area contributed by atoms with Crippen LogP contribution in [0.3, 0.4) is 0 Å². The van der Waals surface area contributed by atoms with E-state index in [0.717, 1.165) is 40.8 Å². The third-order valence-electron chi connectivity index (χ3n) is 6.61. The SMILES string of the molecule is CCn1ncc2c(NC3CCN(C(N)=O)CC3)c(CNC(=O)c3ccc(C(=O)NC)cc3)c(C)nc21. The Balaban J connectivity index is 1.57. The molecule has 2 aromatic heterocycles. The van der Waals surface area contributed by atoms with Crippen LogP contribution in [0.15, 0.2) is 30.5 Å². The van der Waals surface area contributed by atoms with Crippen molar-refractivity contribution in [2.45, 2.75) is 45.8 Å². The summed E-state index contributed by atoms with van der Waals surface area (Å²) in [5, 5.41) is 14.6. The van der Waals surface area contributed by atoms with Crippen molar-refractivity contribution in [2.75, 3.05) is 25.5 Å². The summed E-state index contributed by atoms with van der Waals surface area (Å²) in [6.45, 7) is 6.07. The van der Waals surface area contributed by atoms with Crippen LogP contribution in [0.2, 0.25) is 0 Å². The molecule has 0 aliphatic carbocycles. The number of urea groups is 1. The molecule has 0 atom stereocenters. The average molecular weight is 493 g/mol. The molecule has 0 unspecified atom stereocenters. The Morgan fingerprint density at radius 1 is 1.08 bits per heavy atom. The van der Waals surface area contributed by atoms with E-state index >= 15 is 0 Å². The minimum atomic E-state index is -0.397. The zero-order chi connectivity index (χ0) is 25.8. The number of aryl methyl sites for hydroxylation is 2. The van der Waals surface area contributed by atoms with Gasteiger partial charge in [0.05, 0.1) is 17.3 Å². The summed E-state index contributed by atoms with van der Waals surface area (Å²) in [5.41, 5.74) is 9.74. The number of hydrogen-bond acceptors (Lipinski definition) is 6. The lowest BCUT2D eigenvalue weighted by atomic mass is 10.0. The molecule has 36 heavy (non-hydrogen) atoms. The fraction of sp³-hybridized carbons (Fsp3) is 0.400. The molecule has 1 saturated heterocycles. The Morgan fingerprint density at radius 2 is 1.72 bits per heavy atom. The first kappa shape index (κ1) is 25.0. The molecule has 1 aliphatic rings. The van der Waals surface area contributed by atoms with Gasteiger partial charge in [0.15, 0.2) is 5.65 Å². The van der Waals surface area contributed by atoms with Crippen molar-refractivity contribution in [3.8, 4) is 0 Å². The summed E-state index contributed by atoms with van der Waals surface area (Å²) in [6, 6.07) is 6.25. The van der Waals surface area contributed by atoms with Gasteiger partial charge in [0.1, 0.15) is 0 Å². The smallest absolute Gasteiger partial charge is 0.314 e. The molecule has 190 valence electrons. The maximum Gasteiger partial charge on any atom is 0.314 e. The molecular weight excluding hydrogens is 460 g/mol. The van der Waals surface area contributed by atoms with Gasteiger partial charge >= 0.3 is 6.03 Å². The van der Waals surface area contributed by atoms with Gasteiger partial charge in [0.2, 0.25) is 0 Å². The lowest BCUT2D eigenvalue weighted by molar-refractivity contribution is 0.0943. The van der Waals surface area contributed by atoms with E-state index in [1.54, 1.807) is 42.4 Å². The number of aromatic nitrogens is 3. The number of benzene rings is 1. The molecule has 0 bridgehead atoms. The average Bonchev–Trinajstić information content (AvgIpc) is 3.30. The van der Waals surface area contributed by atoms with E-state index < -0.39 is 6.03 Å². The number of hydrogen-bond donors (Lipinski definition) is 4. The standard InChI is InChI=1S/C25H32N8O3/c1-4-33-22-20(14-29-33)21(31-18-9-11-32(12-10-18)25(26)36)19(15(2)30-22)13-28-24(35)17-7-5-16(6-8-17)23(34)27-3/h5-8,14,18H,4,9-13H2,1-3H3,(H2,26,36)(H,27,34)(H,28,35)(H,30,31). The minimum absolute atomic E-state index is 0.141. The highest BCUT2D eigenvalue weighted by Gasteiger charge is 2.24. The van der Waals surface area contributed by atoms with Gasteiger partial charge in [-0.15, -0.1) is 0 Å². The molecule has 0 radical (unpaired) electrons. The number of nitrogens with zero attached hydrogens (tertiary/aromatic N) is 4. The molecule has 1 fully saturated rings. The van der Waals surface area contributed by atoms with Crippen LogP contribution in [0.25, 0.3) is 11.0 Å². The van der Waals surface area contributed by atoms with Gasteiger partial charge in [-0.1, -0.05) is 0 Å². The molecule has 3 heterocycles. The molecule has 0 spiro atoms. The molecule has 4 amide bonds. The number of piperidine rings is 1. The van der Waals surface area contributed by atoms with E-state index in [1.165, 1.54) is 0 Å². The number of fused-ring (bicyclic) bond motifs is 1. The van der Waals surface area contributed by atoms with Crippen LogP contribution >= 0.6 is 0 Å². The molecule has 11 nitrogen and oxygen atoms in total. The van der Waals surface area contributed by atoms with Crippen LogP contribution in [0.1, 0.15) is 51.7 Å². The van der Waals surface area contributed by atoms with E-state index in [4.69, 9.17) is 10.7 Å². The fourth-order valence-electron chi connectivity index (χ4n) is 4.49. The predicted molar refractivity (Wildman–Crippen MR) is 137 cm³/mol. The van der Waals surface area contributed by atoms with E-state index in [1.807, 2.05) is 18.5 Å². The van der Waals surface area contributed by atoms with E-state index in [0.29, 0.717) is 30.8 Å². The number of amides is 4. The summed E-state index contributed by atoms with van der Waals surface area (Å²) in [6.07, 6.45) is 3.32. The number of anilines is 1. The van der Waals surface area contributed by atoms with Crippen molar-refractivity contribution in [3.05, 3.63) is 52.8 Å². The first-order valence-corrected chi connectivity index (χ1v) is 12.1. The Labute approximate surface area is 209 Å². The summed E-state index contributed by atoms with van der Waals surface area (Å²) >= 11 is 0. The van der Waals surface area contributed by atoms with Crippen LogP contribution in [0.5, 0.6) is 0 Å². The molecule has 5 N–H and O–H groups in total. The number of primary amides is 1. The van der Waals surface area contributed by atoms with Crippen molar-refractivity contribution >= 4 is 34.6 Å². The number of likely N-dealkylation sites (tertiary alicyclic amines) is 1. The Bertz CT molecular complexity index is 1280. The van der Waals surface area contributed by atoms with Crippen LogP contribution in [0, 0.1) is 6.92 Å². The molecule has 11 heteroatoms. The number of nitrogens with two attached hydrogens (primary N) is 1. The number of carbonyl (C=O) groups excluding carboxylic acids is 3. The molecule has 1 aromatic carbocycles. The van der Waals surface area contributed by atoms with Crippen LogP contribution < -0.4 is 21.7 Å². The zero-order valence-corrected chi connectivity index (χ0v) is 20.8. The van der Waals surface area contributed by atoms with Crippen molar-refractivity contribution in [3.63, 3.8) is 0 Å². The van der Waals surface area contributed by atoms with Crippen molar-refractivity contribution in [1.29, 1.82) is 0 Å². The van der Waals surface area contributed by atoms with E-state index in [2.05, 4.69) is 21.0 Å². The van der Waals surface area contributed by atoms with Crippen molar-refractivity contribution in [2.24, 2.45) is 5.73 Å². The maximum atomic E-state index is 12.9. The Kier molecular flexibility index (Phi) is 7.37. The van der Waals surface area contributed by atoms with Crippen LogP contribution in [-0.4, -0.2) is 63.7 Å². The first-order chi connectivity index (χ1) is 17.3. The second-order valence-electron chi connectivity index (χ2n) is 8.83. The summed E-state index contributed by atoms with van der Waals surface area (Å²) < 4.78 is 1.85. The van der Waals surface area contributed by atoms with Gasteiger partial charge in [0, 0.05) is 61.7 Å². The second-order valence-corrected chi connectivity index (χ2v) is 8.83. The third kappa shape index (κ3) is 5.09. The third-order valence-corrected chi connectivity index (χ3v) is 6.61.